The molecule has 6 nitrogen and oxygen atoms in total. The molecule has 0 radical (unpaired) electrons. The van der Waals surface area contributed by atoms with Crippen LogP contribution in [0.25, 0.3) is 0 Å². The topological polar surface area (TPSA) is 61.9 Å². The lowest BCUT2D eigenvalue weighted by atomic mass is 10.2. The standard InChI is InChI=1S/C14H19N3O3/c1-16(2)12-5-3-4-11(10-12)15-13(18)14(19)17-6-8-20-9-7-17/h3-5,10H,6-9H2,1-2H3,(H,15,18). The fraction of sp³-hybridized carbons (Fsp3) is 0.429. The van der Waals surface area contributed by atoms with Crippen LogP contribution in [0.15, 0.2) is 24.3 Å². The molecule has 108 valence electrons. The second kappa shape index (κ2) is 6.38. The van der Waals surface area contributed by atoms with Crippen LogP contribution < -0.4 is 10.2 Å². The molecule has 2 amide bonds. The maximum absolute atomic E-state index is 12.0. The molecule has 1 aliphatic heterocycles. The number of anilines is 2. The Labute approximate surface area is 118 Å². The summed E-state index contributed by atoms with van der Waals surface area (Å²) in [4.78, 5) is 27.3. The zero-order valence-electron chi connectivity index (χ0n) is 11.8. The van der Waals surface area contributed by atoms with Gasteiger partial charge in [0.1, 0.15) is 0 Å². The van der Waals surface area contributed by atoms with Gasteiger partial charge in [0.25, 0.3) is 0 Å². The van der Waals surface area contributed by atoms with E-state index in [0.717, 1.165) is 5.69 Å². The first kappa shape index (κ1) is 14.3. The van der Waals surface area contributed by atoms with Crippen molar-refractivity contribution in [3.05, 3.63) is 24.3 Å². The lowest BCUT2D eigenvalue weighted by Gasteiger charge is -2.26. The van der Waals surface area contributed by atoms with E-state index in [9.17, 15) is 9.59 Å². The summed E-state index contributed by atoms with van der Waals surface area (Å²) in [7, 11) is 3.83. The van der Waals surface area contributed by atoms with Gasteiger partial charge in [-0.3, -0.25) is 9.59 Å². The van der Waals surface area contributed by atoms with Gasteiger partial charge < -0.3 is 19.9 Å². The van der Waals surface area contributed by atoms with Crippen molar-refractivity contribution < 1.29 is 14.3 Å². The van der Waals surface area contributed by atoms with Crippen LogP contribution in [-0.2, 0) is 14.3 Å². The van der Waals surface area contributed by atoms with Gasteiger partial charge in [0.05, 0.1) is 13.2 Å². The van der Waals surface area contributed by atoms with Crippen LogP contribution in [0.4, 0.5) is 11.4 Å². The summed E-state index contributed by atoms with van der Waals surface area (Å²) >= 11 is 0. The highest BCUT2D eigenvalue weighted by Gasteiger charge is 2.23. The monoisotopic (exact) mass is 277 g/mol. The number of ether oxygens (including phenoxy) is 1. The van der Waals surface area contributed by atoms with E-state index in [4.69, 9.17) is 4.74 Å². The van der Waals surface area contributed by atoms with Crippen molar-refractivity contribution in [2.75, 3.05) is 50.6 Å². The Morgan fingerprint density at radius 3 is 2.60 bits per heavy atom. The Bertz CT molecular complexity index is 496. The third-order valence-electron chi connectivity index (χ3n) is 3.11. The average Bonchev–Trinajstić information content (AvgIpc) is 2.47. The Morgan fingerprint density at radius 2 is 1.95 bits per heavy atom. The molecule has 6 heteroatoms. The summed E-state index contributed by atoms with van der Waals surface area (Å²) in [6.07, 6.45) is 0. The molecule has 0 atom stereocenters. The number of morpholine rings is 1. The second-order valence-electron chi connectivity index (χ2n) is 4.80. The third-order valence-corrected chi connectivity index (χ3v) is 3.11. The van der Waals surface area contributed by atoms with Gasteiger partial charge in [-0.2, -0.15) is 0 Å². The summed E-state index contributed by atoms with van der Waals surface area (Å²) in [5.41, 5.74) is 1.57. The first-order valence-corrected chi connectivity index (χ1v) is 6.53. The first-order chi connectivity index (χ1) is 9.58. The highest BCUT2D eigenvalue weighted by atomic mass is 16.5. The van der Waals surface area contributed by atoms with Crippen molar-refractivity contribution in [1.82, 2.24) is 4.90 Å². The smallest absolute Gasteiger partial charge is 0.313 e. The first-order valence-electron chi connectivity index (χ1n) is 6.53. The Hall–Kier alpha value is -2.08. The van der Waals surface area contributed by atoms with Gasteiger partial charge in [0.2, 0.25) is 0 Å². The molecule has 1 aromatic carbocycles. The number of rotatable bonds is 2. The molecular weight excluding hydrogens is 258 g/mol. The van der Waals surface area contributed by atoms with E-state index in [-0.39, 0.29) is 0 Å². The van der Waals surface area contributed by atoms with Crippen molar-refractivity contribution in [2.24, 2.45) is 0 Å². The Kier molecular flexibility index (Phi) is 4.57. The Morgan fingerprint density at radius 1 is 1.25 bits per heavy atom. The predicted octanol–water partition coefficient (Wildman–Crippen LogP) is 0.550. The minimum atomic E-state index is -0.609. The highest BCUT2D eigenvalue weighted by molar-refractivity contribution is 6.39. The van der Waals surface area contributed by atoms with E-state index in [2.05, 4.69) is 5.32 Å². The molecule has 0 aromatic heterocycles. The number of nitrogens with one attached hydrogen (secondary N) is 1. The van der Waals surface area contributed by atoms with Crippen LogP contribution >= 0.6 is 0 Å². The molecule has 0 spiro atoms. The number of nitrogens with zero attached hydrogens (tertiary/aromatic N) is 2. The molecule has 1 heterocycles. The van der Waals surface area contributed by atoms with Crippen molar-refractivity contribution in [3.8, 4) is 0 Å². The molecule has 20 heavy (non-hydrogen) atoms. The molecule has 0 bridgehead atoms. The van der Waals surface area contributed by atoms with Gasteiger partial charge >= 0.3 is 11.8 Å². The van der Waals surface area contributed by atoms with E-state index in [0.29, 0.717) is 32.0 Å². The fourth-order valence-corrected chi connectivity index (χ4v) is 1.96. The lowest BCUT2D eigenvalue weighted by molar-refractivity contribution is -0.145. The van der Waals surface area contributed by atoms with Crippen molar-refractivity contribution >= 4 is 23.2 Å². The fourth-order valence-electron chi connectivity index (χ4n) is 1.96. The van der Waals surface area contributed by atoms with Gasteiger partial charge in [-0.05, 0) is 18.2 Å². The number of carbonyl (C=O) groups excluding carboxylic acids is 2. The van der Waals surface area contributed by atoms with Crippen LogP contribution in [0.5, 0.6) is 0 Å². The molecule has 1 aromatic rings. The van der Waals surface area contributed by atoms with Crippen molar-refractivity contribution in [1.29, 1.82) is 0 Å². The lowest BCUT2D eigenvalue weighted by Crippen LogP contribution is -2.45. The summed E-state index contributed by atoms with van der Waals surface area (Å²) in [5.74, 6) is -1.12. The summed E-state index contributed by atoms with van der Waals surface area (Å²) in [6, 6.07) is 7.35. The molecular formula is C14H19N3O3. The predicted molar refractivity (Wildman–Crippen MR) is 76.8 cm³/mol. The third kappa shape index (κ3) is 3.48. The maximum atomic E-state index is 12.0. The van der Waals surface area contributed by atoms with E-state index >= 15 is 0 Å². The largest absolute Gasteiger partial charge is 0.378 e. The van der Waals surface area contributed by atoms with Gasteiger partial charge in [0, 0.05) is 38.6 Å². The van der Waals surface area contributed by atoms with E-state index in [1.807, 2.05) is 37.2 Å². The normalized spacial score (nSPS) is 14.8. The molecule has 1 fully saturated rings. The van der Waals surface area contributed by atoms with Gasteiger partial charge in [-0.15, -0.1) is 0 Å². The maximum Gasteiger partial charge on any atom is 0.313 e. The molecule has 2 rings (SSSR count). The molecule has 0 aliphatic carbocycles. The zero-order chi connectivity index (χ0) is 14.5. The molecule has 0 saturated carbocycles. The summed E-state index contributed by atoms with van der Waals surface area (Å²) in [5, 5.41) is 2.64. The van der Waals surface area contributed by atoms with E-state index in [1.165, 1.54) is 4.90 Å². The van der Waals surface area contributed by atoms with Gasteiger partial charge in [0.15, 0.2) is 0 Å². The van der Waals surface area contributed by atoms with Crippen LogP contribution in [0.2, 0.25) is 0 Å². The molecule has 1 aliphatic rings. The second-order valence-corrected chi connectivity index (χ2v) is 4.80. The number of hydrogen-bond acceptors (Lipinski definition) is 4. The Balaban J connectivity index is 2.00. The highest BCUT2D eigenvalue weighted by Crippen LogP contribution is 2.17. The number of hydrogen-bond donors (Lipinski definition) is 1. The zero-order valence-corrected chi connectivity index (χ0v) is 11.8. The SMILES string of the molecule is CN(C)c1cccc(NC(=O)C(=O)N2CCOCC2)c1. The minimum Gasteiger partial charge on any atom is -0.378 e. The minimum absolute atomic E-state index is 0.462. The van der Waals surface area contributed by atoms with Crippen molar-refractivity contribution in [3.63, 3.8) is 0 Å². The van der Waals surface area contributed by atoms with Crippen molar-refractivity contribution in [2.45, 2.75) is 0 Å². The van der Waals surface area contributed by atoms with Crippen LogP contribution in [-0.4, -0.2) is 57.1 Å². The van der Waals surface area contributed by atoms with Crippen LogP contribution in [0, 0.1) is 0 Å². The molecule has 1 N–H and O–H groups in total. The molecule has 1 saturated heterocycles. The summed E-state index contributed by atoms with van der Waals surface area (Å²) < 4.78 is 5.16. The van der Waals surface area contributed by atoms with Gasteiger partial charge in [-0.1, -0.05) is 6.07 Å². The number of benzene rings is 1. The van der Waals surface area contributed by atoms with E-state index < -0.39 is 11.8 Å². The average molecular weight is 277 g/mol. The number of amides is 2. The molecule has 0 unspecified atom stereocenters. The quantitative estimate of drug-likeness (QED) is 0.802. The number of carbonyl (C=O) groups is 2. The summed E-state index contributed by atoms with van der Waals surface area (Å²) in [6.45, 7) is 1.89. The van der Waals surface area contributed by atoms with Gasteiger partial charge in [-0.25, -0.2) is 0 Å². The van der Waals surface area contributed by atoms with Crippen LogP contribution in [0.3, 0.4) is 0 Å². The van der Waals surface area contributed by atoms with E-state index in [1.54, 1.807) is 6.07 Å². The van der Waals surface area contributed by atoms with Crippen LogP contribution in [0.1, 0.15) is 0 Å².